The zero-order valence-electron chi connectivity index (χ0n) is 20.9. The molecule has 1 aliphatic heterocycles. The van der Waals surface area contributed by atoms with Gasteiger partial charge in [0.05, 0.1) is 45.7 Å². The van der Waals surface area contributed by atoms with Crippen molar-refractivity contribution in [1.29, 1.82) is 0 Å². The zero-order valence-corrected chi connectivity index (χ0v) is 20.9. The lowest BCUT2D eigenvalue weighted by Crippen LogP contribution is -2.44. The number of benzene rings is 3. The second kappa shape index (κ2) is 11.2. The van der Waals surface area contributed by atoms with E-state index < -0.39 is 30.3 Å². The first kappa shape index (κ1) is 26.4. The van der Waals surface area contributed by atoms with Crippen molar-refractivity contribution in [2.45, 2.75) is 43.2 Å². The molecular formula is C28H32O9. The largest absolute Gasteiger partial charge is 0.504 e. The highest BCUT2D eigenvalue weighted by Crippen LogP contribution is 2.47. The number of aliphatic hydroxyl groups is 2. The summed E-state index contributed by atoms with van der Waals surface area (Å²) in [6, 6.07) is 14.5. The van der Waals surface area contributed by atoms with Gasteiger partial charge in [-0.3, -0.25) is 0 Å². The first-order valence-corrected chi connectivity index (χ1v) is 11.9. The van der Waals surface area contributed by atoms with E-state index in [-0.39, 0.29) is 41.6 Å². The maximum absolute atomic E-state index is 11.3. The molecule has 1 saturated heterocycles. The Hall–Kier alpha value is -3.66. The molecule has 0 spiro atoms. The first-order valence-electron chi connectivity index (χ1n) is 11.9. The van der Waals surface area contributed by atoms with E-state index in [1.165, 1.54) is 39.5 Å². The predicted molar refractivity (Wildman–Crippen MR) is 135 cm³/mol. The van der Waals surface area contributed by atoms with Crippen molar-refractivity contribution < 1.29 is 44.5 Å². The normalized spacial score (nSPS) is 22.3. The van der Waals surface area contributed by atoms with E-state index in [9.17, 15) is 25.5 Å². The van der Waals surface area contributed by atoms with Crippen molar-refractivity contribution in [3.8, 4) is 34.5 Å². The molecule has 0 aliphatic carbocycles. The number of ether oxygens (including phenoxy) is 4. The zero-order chi connectivity index (χ0) is 26.7. The van der Waals surface area contributed by atoms with E-state index in [0.717, 1.165) is 5.56 Å². The summed E-state index contributed by atoms with van der Waals surface area (Å²) in [4.78, 5) is 0. The van der Waals surface area contributed by atoms with Crippen molar-refractivity contribution in [1.82, 2.24) is 0 Å². The average molecular weight is 513 g/mol. The van der Waals surface area contributed by atoms with Crippen LogP contribution >= 0.6 is 0 Å². The lowest BCUT2D eigenvalue weighted by molar-refractivity contribution is -0.151. The van der Waals surface area contributed by atoms with Gasteiger partial charge in [-0.1, -0.05) is 18.2 Å². The molecule has 9 heteroatoms. The highest BCUT2D eigenvalue weighted by Gasteiger charge is 2.42. The van der Waals surface area contributed by atoms with E-state index in [4.69, 9.17) is 18.9 Å². The van der Waals surface area contributed by atoms with Crippen molar-refractivity contribution in [2.24, 2.45) is 0 Å². The van der Waals surface area contributed by atoms with Crippen molar-refractivity contribution in [2.75, 3.05) is 21.3 Å². The number of hydrogen-bond donors (Lipinski definition) is 5. The van der Waals surface area contributed by atoms with Gasteiger partial charge in [0.1, 0.15) is 0 Å². The Labute approximate surface area is 215 Å². The van der Waals surface area contributed by atoms with Gasteiger partial charge in [0.15, 0.2) is 34.5 Å². The van der Waals surface area contributed by atoms with Crippen LogP contribution in [0.25, 0.3) is 0 Å². The summed E-state index contributed by atoms with van der Waals surface area (Å²) in [5.41, 5.74) is 2.04. The SMILES string of the molecule is COc1cc(C[C@@H](O)[C@@H]2C[C@@H](O)[C@@H](c3ccc(O)c(OC)c3)[C@H](c3ccc(O)c(OC)c3)O2)ccc1O. The Kier molecular flexibility index (Phi) is 7.97. The van der Waals surface area contributed by atoms with E-state index in [0.29, 0.717) is 16.9 Å². The summed E-state index contributed by atoms with van der Waals surface area (Å²) in [6.07, 6.45) is -2.98. The number of aromatic hydroxyl groups is 3. The Bertz CT molecular complexity index is 1230. The molecule has 5 N–H and O–H groups in total. The first-order chi connectivity index (χ1) is 17.7. The number of hydrogen-bond acceptors (Lipinski definition) is 9. The molecule has 37 heavy (non-hydrogen) atoms. The standard InChI is InChI=1S/C28H32O9/c1-34-23-11-15(4-7-18(23)29)10-21(32)26-14-22(33)27(16-5-8-19(30)24(12-16)35-2)28(37-26)17-6-9-20(31)25(13-17)36-3/h4-9,11-13,21-22,26-33H,10,14H2,1-3H3/t21-,22-,26+,27-,28+/m1/s1. The molecule has 9 nitrogen and oxygen atoms in total. The quantitative estimate of drug-likeness (QED) is 0.307. The van der Waals surface area contributed by atoms with E-state index in [1.807, 2.05) is 0 Å². The smallest absolute Gasteiger partial charge is 0.160 e. The minimum absolute atomic E-state index is 0.00131. The summed E-state index contributed by atoms with van der Waals surface area (Å²) in [5, 5.41) is 52.5. The maximum Gasteiger partial charge on any atom is 0.160 e. The molecule has 3 aromatic rings. The van der Waals surface area contributed by atoms with Gasteiger partial charge >= 0.3 is 0 Å². The Morgan fingerprint density at radius 1 is 0.784 bits per heavy atom. The van der Waals surface area contributed by atoms with E-state index in [2.05, 4.69) is 0 Å². The lowest BCUT2D eigenvalue weighted by atomic mass is 9.79. The summed E-state index contributed by atoms with van der Waals surface area (Å²) in [7, 11) is 4.33. The summed E-state index contributed by atoms with van der Waals surface area (Å²) in [6.45, 7) is 0. The van der Waals surface area contributed by atoms with Crippen LogP contribution in [0.15, 0.2) is 54.6 Å². The maximum atomic E-state index is 11.3. The Balaban J connectivity index is 1.68. The monoisotopic (exact) mass is 512 g/mol. The molecule has 0 aromatic heterocycles. The molecule has 4 rings (SSSR count). The molecule has 0 saturated carbocycles. The summed E-state index contributed by atoms with van der Waals surface area (Å²) >= 11 is 0. The van der Waals surface area contributed by atoms with Gasteiger partial charge in [0.25, 0.3) is 0 Å². The highest BCUT2D eigenvalue weighted by molar-refractivity contribution is 5.47. The number of phenolic OH excluding ortho intramolecular Hbond substituents is 3. The van der Waals surface area contributed by atoms with Crippen LogP contribution in [0.1, 0.15) is 35.1 Å². The molecule has 0 amide bonds. The van der Waals surface area contributed by atoms with Gasteiger partial charge in [0, 0.05) is 18.8 Å². The molecule has 198 valence electrons. The number of phenols is 3. The van der Waals surface area contributed by atoms with E-state index >= 15 is 0 Å². The molecule has 5 atom stereocenters. The fraction of sp³-hybridized carbons (Fsp3) is 0.357. The van der Waals surface area contributed by atoms with Crippen LogP contribution in [0.2, 0.25) is 0 Å². The van der Waals surface area contributed by atoms with E-state index in [1.54, 1.807) is 36.4 Å². The third kappa shape index (κ3) is 5.53. The molecule has 1 heterocycles. The van der Waals surface area contributed by atoms with Gasteiger partial charge in [-0.2, -0.15) is 0 Å². The Morgan fingerprint density at radius 3 is 1.89 bits per heavy atom. The van der Waals surface area contributed by atoms with Gasteiger partial charge in [-0.25, -0.2) is 0 Å². The van der Waals surface area contributed by atoms with Crippen LogP contribution in [-0.2, 0) is 11.2 Å². The second-order valence-corrected chi connectivity index (χ2v) is 9.06. The van der Waals surface area contributed by atoms with Crippen LogP contribution in [0.4, 0.5) is 0 Å². The molecule has 0 radical (unpaired) electrons. The number of aliphatic hydroxyl groups excluding tert-OH is 2. The van der Waals surface area contributed by atoms with Crippen molar-refractivity contribution in [3.05, 3.63) is 71.3 Å². The third-order valence-corrected chi connectivity index (χ3v) is 6.78. The molecule has 3 aromatic carbocycles. The van der Waals surface area contributed by atoms with Gasteiger partial charge in [-0.15, -0.1) is 0 Å². The van der Waals surface area contributed by atoms with Crippen LogP contribution in [-0.4, -0.2) is 65.2 Å². The lowest BCUT2D eigenvalue weighted by Gasteiger charge is -2.42. The molecule has 0 bridgehead atoms. The topological polar surface area (TPSA) is 138 Å². The molecule has 0 unspecified atom stereocenters. The van der Waals surface area contributed by atoms with Gasteiger partial charge < -0.3 is 44.5 Å². The van der Waals surface area contributed by atoms with Crippen molar-refractivity contribution >= 4 is 0 Å². The minimum atomic E-state index is -0.972. The Morgan fingerprint density at radius 2 is 1.30 bits per heavy atom. The van der Waals surface area contributed by atoms with Gasteiger partial charge in [0.2, 0.25) is 0 Å². The molecular weight excluding hydrogens is 480 g/mol. The number of methoxy groups -OCH3 is 3. The predicted octanol–water partition coefficient (Wildman–Crippen LogP) is 3.41. The highest BCUT2D eigenvalue weighted by atomic mass is 16.5. The van der Waals surface area contributed by atoms with Crippen LogP contribution in [0.5, 0.6) is 34.5 Å². The van der Waals surface area contributed by atoms with Crippen molar-refractivity contribution in [3.63, 3.8) is 0 Å². The second-order valence-electron chi connectivity index (χ2n) is 9.06. The number of rotatable bonds is 8. The fourth-order valence-electron chi connectivity index (χ4n) is 4.84. The third-order valence-electron chi connectivity index (χ3n) is 6.78. The average Bonchev–Trinajstić information content (AvgIpc) is 2.90. The fourth-order valence-corrected chi connectivity index (χ4v) is 4.84. The molecule has 1 fully saturated rings. The van der Waals surface area contributed by atoms with Crippen LogP contribution in [0.3, 0.4) is 0 Å². The van der Waals surface area contributed by atoms with Crippen LogP contribution in [0, 0.1) is 0 Å². The summed E-state index contributed by atoms with van der Waals surface area (Å²) in [5.74, 6) is 0.164. The van der Waals surface area contributed by atoms with Crippen LogP contribution < -0.4 is 14.2 Å². The van der Waals surface area contributed by atoms with Gasteiger partial charge in [-0.05, 0) is 53.1 Å². The summed E-state index contributed by atoms with van der Waals surface area (Å²) < 4.78 is 22.1. The minimum Gasteiger partial charge on any atom is -0.504 e. The molecule has 1 aliphatic rings.